The van der Waals surface area contributed by atoms with E-state index in [4.69, 9.17) is 42.7 Å². The number of Topliss-reactive ketones (excluding diaryl/α,β-unsaturated/α-hetero) is 1. The van der Waals surface area contributed by atoms with Gasteiger partial charge in [0.2, 0.25) is 11.7 Å². The van der Waals surface area contributed by atoms with Gasteiger partial charge in [-0.2, -0.15) is 11.8 Å². The van der Waals surface area contributed by atoms with Crippen molar-refractivity contribution in [1.29, 1.82) is 0 Å². The smallest absolute Gasteiger partial charge is 0.329 e. The summed E-state index contributed by atoms with van der Waals surface area (Å²) in [6.45, 7) is 15.3. The molecule has 25 heteroatoms. The second kappa shape index (κ2) is 37.2. The third-order valence-corrected chi connectivity index (χ3v) is 19.7. The second-order valence-electron chi connectivity index (χ2n) is 25.1. The van der Waals surface area contributed by atoms with Crippen molar-refractivity contribution in [3.63, 3.8) is 0 Å². The number of ketones is 1. The van der Waals surface area contributed by atoms with E-state index in [1.54, 1.807) is 27.0 Å². The van der Waals surface area contributed by atoms with Gasteiger partial charge in [0, 0.05) is 82.6 Å². The number of carbonyl (C=O) groups excluding carboxylic acids is 6. The highest BCUT2D eigenvalue weighted by atomic mass is 32.2. The number of fused-ring (bicyclic) bond motifs is 4. The van der Waals surface area contributed by atoms with E-state index in [0.29, 0.717) is 107 Å². The average molecular weight is 1280 g/mol. The SMILES string of the molecule is C=CC[C@@H]1/C=C(\C)C[C@H](C)C[C@H](OC)[C@H]2O[C@@](O)(C(=O)C(=O)N3CCCC[C@H]3C(=O)O[C@H](/C(C)=C/[C@@H]3CC[C@@H](O)[C@H](OC)C3)[C@H](C)[C@@H](O)C/C1=N\OCC(=O)NCCOCCOCCOCCNC(=O)CCCCC1SCC3NC(=O)NC31)[C@H](C)C[C@@H]2OC. The highest BCUT2D eigenvalue weighted by Crippen LogP contribution is 2.40. The highest BCUT2D eigenvalue weighted by Gasteiger charge is 2.57. The zero-order chi connectivity index (χ0) is 64.6. The van der Waals surface area contributed by atoms with Crippen LogP contribution in [0.15, 0.2) is 41.1 Å². The lowest BCUT2D eigenvalue weighted by Crippen LogP contribution is -2.64. The van der Waals surface area contributed by atoms with Crippen LogP contribution in [0.1, 0.15) is 131 Å². The molecule has 17 atom stereocenters. The molecule has 5 fully saturated rings. The van der Waals surface area contributed by atoms with Gasteiger partial charge in [0.05, 0.1) is 88.0 Å². The van der Waals surface area contributed by atoms with E-state index in [9.17, 15) is 44.1 Å². The molecule has 6 rings (SSSR count). The van der Waals surface area contributed by atoms with Crippen molar-refractivity contribution in [3.05, 3.63) is 36.0 Å². The number of cyclic esters (lactones) is 1. The van der Waals surface area contributed by atoms with E-state index in [0.717, 1.165) is 30.6 Å². The predicted octanol–water partition coefficient (Wildman–Crippen LogP) is 4.45. The van der Waals surface area contributed by atoms with Crippen molar-refractivity contribution in [2.75, 3.05) is 93.0 Å². The van der Waals surface area contributed by atoms with Crippen LogP contribution in [0.2, 0.25) is 0 Å². The number of carbonyl (C=O) groups is 6. The van der Waals surface area contributed by atoms with Gasteiger partial charge < -0.3 is 84.2 Å². The standard InChI is InChI=1S/C64H104N6O18S/c1-10-15-45-31-39(2)30-40(3)32-52(81-8)59-53(82-9)34-42(5)64(79,88-59)60(75)61(76)70-23-14-13-16-48(70)62(77)87-58(41(4)33-44-19-20-49(71)51(35-44)80-7)43(6)50(72)36-46(45)69-86-37-56(74)66-22-25-84-27-29-85-28-26-83-24-21-65-55(73)18-12-11-17-54-57-47(38-89-54)67-63(78)68-57/h10,31,33,40,42-45,47-54,57-59,71-72,79H,1,11-30,32,34-38H2,2-9H3,(H,65,73)(H,66,74)(H2,67,68,78)/b39-31+,41-33+,69-46+/t40-,42+,43+,44-,45+,47?,48-,49+,50-,51+,52-,53-,54?,57?,58+,59+,64+/m0/s1. The number of thioether (sulfide) groups is 1. The number of amides is 5. The molecular weight excluding hydrogens is 1170 g/mol. The number of oxime groups is 1. The average Bonchev–Trinajstić information content (AvgIpc) is 1.39. The maximum absolute atomic E-state index is 14.7. The fourth-order valence-electron chi connectivity index (χ4n) is 13.2. The number of methoxy groups -OCH3 is 3. The molecule has 4 saturated heterocycles. The number of ether oxygens (including phenoxy) is 8. The van der Waals surface area contributed by atoms with Crippen LogP contribution in [0, 0.1) is 29.6 Å². The van der Waals surface area contributed by atoms with Crippen molar-refractivity contribution in [2.24, 2.45) is 34.7 Å². The normalized spacial score (nSPS) is 34.6. The molecule has 0 spiro atoms. The number of hydrogen-bond donors (Lipinski definition) is 7. The quantitative estimate of drug-likeness (QED) is 0.0149. The van der Waals surface area contributed by atoms with E-state index in [1.807, 2.05) is 44.7 Å². The number of rotatable bonds is 27. The van der Waals surface area contributed by atoms with Crippen LogP contribution in [0.25, 0.3) is 0 Å². The maximum Gasteiger partial charge on any atom is 0.329 e. The Morgan fingerprint density at radius 1 is 0.854 bits per heavy atom. The largest absolute Gasteiger partial charge is 0.456 e. The summed E-state index contributed by atoms with van der Waals surface area (Å²) >= 11 is 1.87. The van der Waals surface area contributed by atoms with Gasteiger partial charge in [0.1, 0.15) is 18.2 Å². The molecule has 5 heterocycles. The van der Waals surface area contributed by atoms with Crippen molar-refractivity contribution in [3.8, 4) is 0 Å². The fourth-order valence-corrected chi connectivity index (χ4v) is 14.7. The number of esters is 1. The first kappa shape index (κ1) is 73.5. The van der Waals surface area contributed by atoms with Gasteiger partial charge in [-0.25, -0.2) is 9.59 Å². The van der Waals surface area contributed by atoms with Crippen molar-refractivity contribution >= 4 is 53.0 Å². The lowest BCUT2D eigenvalue weighted by Gasteiger charge is -2.47. The minimum absolute atomic E-state index is 0.0124. The van der Waals surface area contributed by atoms with Crippen molar-refractivity contribution in [1.82, 2.24) is 26.2 Å². The monoisotopic (exact) mass is 1280 g/mol. The molecule has 0 aromatic carbocycles. The number of allylic oxidation sites excluding steroid dienone is 4. The van der Waals surface area contributed by atoms with Crippen LogP contribution in [-0.2, 0) is 66.7 Å². The van der Waals surface area contributed by atoms with Gasteiger partial charge in [-0.15, -0.1) is 6.58 Å². The van der Waals surface area contributed by atoms with E-state index in [-0.39, 0.29) is 81.4 Å². The minimum atomic E-state index is -2.56. The van der Waals surface area contributed by atoms with Crippen LogP contribution in [0.3, 0.4) is 0 Å². The number of piperidine rings is 1. The molecule has 1 aliphatic carbocycles. The Hall–Kier alpha value is -4.54. The van der Waals surface area contributed by atoms with Crippen LogP contribution in [0.4, 0.5) is 4.79 Å². The van der Waals surface area contributed by atoms with Crippen LogP contribution in [-0.4, -0.2) is 226 Å². The zero-order valence-corrected chi connectivity index (χ0v) is 54.6. The van der Waals surface area contributed by atoms with E-state index < -0.39 is 102 Å². The number of nitrogens with one attached hydrogen (secondary N) is 4. The third-order valence-electron chi connectivity index (χ3n) is 18.2. The molecule has 2 bridgehead atoms. The topological polar surface area (TPSA) is 310 Å². The molecule has 24 nitrogen and oxygen atoms in total. The Morgan fingerprint density at radius 2 is 1.53 bits per heavy atom. The van der Waals surface area contributed by atoms with E-state index in [1.165, 1.54) is 19.1 Å². The van der Waals surface area contributed by atoms with Gasteiger partial charge in [-0.05, 0) is 108 Å². The maximum atomic E-state index is 14.7. The van der Waals surface area contributed by atoms with Crippen LogP contribution in [0.5, 0.6) is 0 Å². The van der Waals surface area contributed by atoms with Gasteiger partial charge in [-0.3, -0.25) is 19.2 Å². The van der Waals surface area contributed by atoms with Crippen molar-refractivity contribution in [2.45, 2.75) is 203 Å². The Kier molecular flexibility index (Phi) is 30.8. The Morgan fingerprint density at radius 3 is 2.21 bits per heavy atom. The number of urea groups is 1. The number of hydrogen-bond acceptors (Lipinski definition) is 20. The third kappa shape index (κ3) is 21.8. The van der Waals surface area contributed by atoms with Gasteiger partial charge in [-0.1, -0.05) is 56.1 Å². The molecule has 0 aromatic heterocycles. The summed E-state index contributed by atoms with van der Waals surface area (Å²) in [5.41, 5.74) is 1.99. The van der Waals surface area contributed by atoms with Gasteiger partial charge >= 0.3 is 12.0 Å². The summed E-state index contributed by atoms with van der Waals surface area (Å²) < 4.78 is 47.2. The molecule has 5 aliphatic heterocycles. The van der Waals surface area contributed by atoms with Crippen LogP contribution >= 0.6 is 11.8 Å². The molecule has 7 N–H and O–H groups in total. The molecule has 89 heavy (non-hydrogen) atoms. The van der Waals surface area contributed by atoms with E-state index >= 15 is 0 Å². The predicted molar refractivity (Wildman–Crippen MR) is 333 cm³/mol. The first-order valence-electron chi connectivity index (χ1n) is 32.2. The summed E-state index contributed by atoms with van der Waals surface area (Å²) in [6.07, 6.45) is 7.65. The molecule has 5 amide bonds. The summed E-state index contributed by atoms with van der Waals surface area (Å²) in [5.74, 6) is -7.41. The van der Waals surface area contributed by atoms with Gasteiger partial charge in [0.15, 0.2) is 6.61 Å². The molecule has 1 saturated carbocycles. The lowest BCUT2D eigenvalue weighted by atomic mass is 9.81. The second-order valence-corrected chi connectivity index (χ2v) is 26.3. The highest BCUT2D eigenvalue weighted by molar-refractivity contribution is 8.00. The lowest BCUT2D eigenvalue weighted by molar-refractivity contribution is -0.302. The summed E-state index contributed by atoms with van der Waals surface area (Å²) in [4.78, 5) is 87.8. The molecule has 504 valence electrons. The fraction of sp³-hybridized carbons (Fsp3) is 0.797. The first-order chi connectivity index (χ1) is 42.7. The Labute approximate surface area is 530 Å². The number of aliphatic hydroxyl groups excluding tert-OH is 2. The number of aliphatic hydroxyl groups is 3. The summed E-state index contributed by atoms with van der Waals surface area (Å²) in [5, 5.41) is 51.9. The first-order valence-corrected chi connectivity index (χ1v) is 33.3. The van der Waals surface area contributed by atoms with Gasteiger partial charge in [0.25, 0.3) is 17.6 Å². The minimum Gasteiger partial charge on any atom is -0.456 e. The molecule has 0 aromatic rings. The van der Waals surface area contributed by atoms with Crippen LogP contribution < -0.4 is 21.3 Å². The zero-order valence-electron chi connectivity index (χ0n) is 53.8. The molecule has 3 unspecified atom stereocenters. The number of nitrogens with zero attached hydrogens (tertiary/aromatic N) is 2. The summed E-state index contributed by atoms with van der Waals surface area (Å²) in [6, 6.07) is -0.917. The van der Waals surface area contributed by atoms with Crippen molar-refractivity contribution < 1.29 is 86.8 Å². The molecular formula is C64H104N6O18S. The number of unbranched alkanes of at least 4 members (excludes halogenated alkanes) is 1. The summed E-state index contributed by atoms with van der Waals surface area (Å²) in [7, 11) is 4.60. The molecule has 6 aliphatic rings. The Balaban J connectivity index is 1.07. The Bertz CT molecular complexity index is 2400. The van der Waals surface area contributed by atoms with E-state index in [2.05, 4.69) is 33.0 Å². The molecule has 0 radical (unpaired) electrons.